The maximum absolute atomic E-state index is 12.7. The Hall–Kier alpha value is -1.38. The van der Waals surface area contributed by atoms with Crippen molar-refractivity contribution in [2.75, 3.05) is 0 Å². The molecule has 2 nitrogen and oxygen atoms in total. The number of halogens is 1. The number of carbonyl (C=O) groups excluding carboxylic acids is 1. The summed E-state index contributed by atoms with van der Waals surface area (Å²) in [4.78, 5) is 12.7. The van der Waals surface area contributed by atoms with E-state index in [1.54, 1.807) is 0 Å². The van der Waals surface area contributed by atoms with Crippen LogP contribution in [0.2, 0.25) is 5.02 Å². The van der Waals surface area contributed by atoms with Crippen LogP contribution >= 0.6 is 11.6 Å². The molecule has 1 fully saturated rings. The number of allylic oxidation sites excluding steroid dienone is 2. The fourth-order valence-corrected chi connectivity index (χ4v) is 4.08. The molecule has 0 amide bonds. The van der Waals surface area contributed by atoms with Gasteiger partial charge in [0.25, 0.3) is 0 Å². The highest BCUT2D eigenvalue weighted by Crippen LogP contribution is 2.50. The van der Waals surface area contributed by atoms with Gasteiger partial charge in [0.1, 0.15) is 0 Å². The average molecular weight is 317 g/mol. The molecule has 2 aliphatic carbocycles. The summed E-state index contributed by atoms with van der Waals surface area (Å²) in [7, 11) is 0. The number of rotatable bonds is 1. The van der Waals surface area contributed by atoms with E-state index >= 15 is 0 Å². The van der Waals surface area contributed by atoms with Crippen LogP contribution in [0.4, 0.5) is 0 Å². The second-order valence-corrected chi connectivity index (χ2v) is 7.10. The summed E-state index contributed by atoms with van der Waals surface area (Å²) in [6, 6.07) is 7.51. The lowest BCUT2D eigenvalue weighted by atomic mass is 9.61. The third kappa shape index (κ3) is 2.55. The lowest BCUT2D eigenvalue weighted by molar-refractivity contribution is -0.113. The quantitative estimate of drug-likeness (QED) is 0.771. The Bertz CT molecular complexity index is 686. The third-order valence-corrected chi connectivity index (χ3v) is 5.40. The minimum atomic E-state index is -0.373. The number of hydrogen-bond donors (Lipinski definition) is 1. The van der Waals surface area contributed by atoms with Crippen molar-refractivity contribution in [1.29, 1.82) is 0 Å². The van der Waals surface area contributed by atoms with E-state index < -0.39 is 0 Å². The molecule has 0 bridgehead atoms. The van der Waals surface area contributed by atoms with E-state index in [0.717, 1.165) is 41.5 Å². The summed E-state index contributed by atoms with van der Waals surface area (Å²) in [5.74, 6) is 0.113. The van der Waals surface area contributed by atoms with Crippen LogP contribution in [0.15, 0.2) is 41.0 Å². The zero-order chi connectivity index (χ0) is 15.9. The number of fused-ring (bicyclic) bond motifs is 1. The van der Waals surface area contributed by atoms with Gasteiger partial charge in [0.05, 0.1) is 6.10 Å². The molecule has 1 N–H and O–H groups in total. The smallest absolute Gasteiger partial charge is 0.184 e. The second kappa shape index (κ2) is 5.68. The largest absolute Gasteiger partial charge is 0.392 e. The minimum absolute atomic E-state index is 0.113. The van der Waals surface area contributed by atoms with Crippen LogP contribution in [0.25, 0.3) is 6.08 Å². The van der Waals surface area contributed by atoms with Gasteiger partial charge in [-0.05, 0) is 62.0 Å². The van der Waals surface area contributed by atoms with Gasteiger partial charge >= 0.3 is 0 Å². The monoisotopic (exact) mass is 316 g/mol. The Morgan fingerprint density at radius 3 is 2.91 bits per heavy atom. The van der Waals surface area contributed by atoms with Crippen molar-refractivity contribution in [3.05, 3.63) is 51.6 Å². The van der Waals surface area contributed by atoms with Crippen LogP contribution in [0.3, 0.4) is 0 Å². The Morgan fingerprint density at radius 1 is 1.41 bits per heavy atom. The van der Waals surface area contributed by atoms with Crippen molar-refractivity contribution < 1.29 is 9.90 Å². The average Bonchev–Trinajstić information content (AvgIpc) is 2.47. The van der Waals surface area contributed by atoms with Crippen LogP contribution in [-0.2, 0) is 4.79 Å². The first-order valence-corrected chi connectivity index (χ1v) is 8.19. The number of aliphatic hydroxyl groups is 1. The van der Waals surface area contributed by atoms with Crippen LogP contribution in [-0.4, -0.2) is 17.0 Å². The van der Waals surface area contributed by atoms with Gasteiger partial charge in [0, 0.05) is 16.0 Å². The molecule has 1 aromatic carbocycles. The molecule has 1 aromatic rings. The molecule has 0 radical (unpaired) electrons. The third-order valence-electron chi connectivity index (χ3n) is 5.16. The van der Waals surface area contributed by atoms with Gasteiger partial charge < -0.3 is 5.11 Å². The molecule has 1 saturated carbocycles. The molecule has 0 heterocycles. The van der Waals surface area contributed by atoms with E-state index in [4.69, 9.17) is 11.6 Å². The van der Waals surface area contributed by atoms with E-state index in [-0.39, 0.29) is 17.3 Å². The van der Waals surface area contributed by atoms with Gasteiger partial charge in [-0.1, -0.05) is 36.2 Å². The number of Topliss-reactive ketones (excluding diaryl/α,β-unsaturated/α-hetero) is 1. The number of aliphatic hydroxyl groups excluding tert-OH is 1. The van der Waals surface area contributed by atoms with Crippen LogP contribution < -0.4 is 0 Å². The maximum atomic E-state index is 12.7. The molecular weight excluding hydrogens is 296 g/mol. The standard InChI is InChI=1S/C19H21ClO2/c1-12-16-7-4-8-17(21)19(16,2)11-14(18(12)22)9-13-5-3-6-15(20)10-13/h3,5-6,9-10,17,21H,4,7-8,11H2,1-2H3/b14-9+/t17-,19-/m0/s1. The fraction of sp³-hybridized carbons (Fsp3) is 0.421. The molecule has 3 rings (SSSR count). The first-order valence-electron chi connectivity index (χ1n) is 7.81. The Labute approximate surface area is 136 Å². The van der Waals surface area contributed by atoms with Gasteiger partial charge in [-0.25, -0.2) is 0 Å². The highest BCUT2D eigenvalue weighted by Gasteiger charge is 2.45. The molecule has 0 unspecified atom stereocenters. The van der Waals surface area contributed by atoms with E-state index in [9.17, 15) is 9.90 Å². The molecule has 0 spiro atoms. The summed E-state index contributed by atoms with van der Waals surface area (Å²) >= 11 is 6.03. The Morgan fingerprint density at radius 2 is 2.18 bits per heavy atom. The van der Waals surface area contributed by atoms with Gasteiger partial charge in [-0.2, -0.15) is 0 Å². The zero-order valence-corrected chi connectivity index (χ0v) is 13.8. The number of benzene rings is 1. The van der Waals surface area contributed by atoms with E-state index in [1.807, 2.05) is 37.3 Å². The first-order chi connectivity index (χ1) is 10.4. The Kier molecular flexibility index (Phi) is 4.00. The minimum Gasteiger partial charge on any atom is -0.392 e. The molecule has 2 atom stereocenters. The van der Waals surface area contributed by atoms with Crippen molar-refractivity contribution in [2.45, 2.75) is 45.6 Å². The van der Waals surface area contributed by atoms with Crippen molar-refractivity contribution >= 4 is 23.5 Å². The van der Waals surface area contributed by atoms with Crippen LogP contribution in [0.5, 0.6) is 0 Å². The van der Waals surface area contributed by atoms with Gasteiger partial charge in [0.15, 0.2) is 5.78 Å². The normalized spacial score (nSPS) is 30.6. The topological polar surface area (TPSA) is 37.3 Å². The van der Waals surface area contributed by atoms with Crippen molar-refractivity contribution in [3.63, 3.8) is 0 Å². The van der Waals surface area contributed by atoms with E-state index in [1.165, 1.54) is 0 Å². The molecule has 2 aliphatic rings. The Balaban J connectivity index is 2.05. The molecule has 3 heteroatoms. The molecule has 0 saturated heterocycles. The van der Waals surface area contributed by atoms with Crippen molar-refractivity contribution in [3.8, 4) is 0 Å². The van der Waals surface area contributed by atoms with Crippen molar-refractivity contribution in [1.82, 2.24) is 0 Å². The molecule has 22 heavy (non-hydrogen) atoms. The number of carbonyl (C=O) groups is 1. The van der Waals surface area contributed by atoms with Crippen LogP contribution in [0, 0.1) is 5.41 Å². The second-order valence-electron chi connectivity index (χ2n) is 6.66. The molecule has 0 aliphatic heterocycles. The van der Waals surface area contributed by atoms with Gasteiger partial charge in [-0.3, -0.25) is 4.79 Å². The molecular formula is C19H21ClO2. The first kappa shape index (κ1) is 15.5. The van der Waals surface area contributed by atoms with Gasteiger partial charge in [0.2, 0.25) is 0 Å². The molecule has 116 valence electrons. The number of hydrogen-bond acceptors (Lipinski definition) is 2. The summed E-state index contributed by atoms with van der Waals surface area (Å²) in [5.41, 5.74) is 3.37. The predicted octanol–water partition coefficient (Wildman–Crippen LogP) is 4.56. The summed E-state index contributed by atoms with van der Waals surface area (Å²) < 4.78 is 0. The lowest BCUT2D eigenvalue weighted by Crippen LogP contribution is -2.42. The summed E-state index contributed by atoms with van der Waals surface area (Å²) in [6.07, 6.45) is 4.85. The van der Waals surface area contributed by atoms with Crippen LogP contribution in [0.1, 0.15) is 45.1 Å². The lowest BCUT2D eigenvalue weighted by Gasteiger charge is -2.45. The summed E-state index contributed by atoms with van der Waals surface area (Å²) in [5, 5.41) is 11.2. The van der Waals surface area contributed by atoms with Crippen molar-refractivity contribution in [2.24, 2.45) is 5.41 Å². The fourth-order valence-electron chi connectivity index (χ4n) is 3.89. The molecule has 0 aromatic heterocycles. The zero-order valence-electron chi connectivity index (χ0n) is 13.0. The predicted molar refractivity (Wildman–Crippen MR) is 89.7 cm³/mol. The van der Waals surface area contributed by atoms with E-state index in [0.29, 0.717) is 11.4 Å². The van der Waals surface area contributed by atoms with E-state index in [2.05, 4.69) is 6.92 Å². The number of ketones is 1. The highest BCUT2D eigenvalue weighted by atomic mass is 35.5. The van der Waals surface area contributed by atoms with Gasteiger partial charge in [-0.15, -0.1) is 0 Å². The highest BCUT2D eigenvalue weighted by molar-refractivity contribution is 6.30. The maximum Gasteiger partial charge on any atom is 0.184 e. The SMILES string of the molecule is CC1=C2CCC[C@H](O)[C@@]2(C)C/C(=C\c2cccc(Cl)c2)C1=O. The summed E-state index contributed by atoms with van der Waals surface area (Å²) in [6.45, 7) is 3.99.